The first-order valence-corrected chi connectivity index (χ1v) is 10.4. The molecule has 1 aliphatic rings. The van der Waals surface area contributed by atoms with E-state index in [9.17, 15) is 8.42 Å². The number of fused-ring (bicyclic) bond motifs is 1. The van der Waals surface area contributed by atoms with Crippen molar-refractivity contribution in [2.24, 2.45) is 5.92 Å². The van der Waals surface area contributed by atoms with Crippen LogP contribution in [0.15, 0.2) is 29.2 Å². The Morgan fingerprint density at radius 1 is 1.24 bits per heavy atom. The van der Waals surface area contributed by atoms with Gasteiger partial charge in [0.25, 0.3) is 10.0 Å². The maximum atomic E-state index is 13.7. The number of anilines is 1. The minimum Gasteiger partial charge on any atom is -0.268 e. The molecule has 0 bridgehead atoms. The van der Waals surface area contributed by atoms with Crippen molar-refractivity contribution < 1.29 is 8.42 Å². The van der Waals surface area contributed by atoms with Crippen LogP contribution in [0.1, 0.15) is 44.1 Å². The Morgan fingerprint density at radius 3 is 2.52 bits per heavy atom. The molecule has 1 atom stereocenters. The van der Waals surface area contributed by atoms with Gasteiger partial charge < -0.3 is 0 Å². The van der Waals surface area contributed by atoms with Crippen LogP contribution in [0, 0.1) is 19.8 Å². The SMILES string of the molecule is CCn1nc(C)c(S(=O)(=O)N2c3ccccc3CC[C@@H]2C(C)C)c1C. The van der Waals surface area contributed by atoms with Gasteiger partial charge in [-0.3, -0.25) is 8.99 Å². The van der Waals surface area contributed by atoms with Crippen molar-refractivity contribution in [1.29, 1.82) is 0 Å². The van der Waals surface area contributed by atoms with Crippen LogP contribution in [0.2, 0.25) is 0 Å². The fraction of sp³-hybridized carbons (Fsp3) is 0.526. The molecule has 6 heteroatoms. The predicted octanol–water partition coefficient (Wildman–Crippen LogP) is 3.69. The Bertz CT molecular complexity index is 884. The normalized spacial score (nSPS) is 17.8. The third kappa shape index (κ3) is 2.86. The summed E-state index contributed by atoms with van der Waals surface area (Å²) in [5.74, 6) is 0.241. The van der Waals surface area contributed by atoms with Gasteiger partial charge in [-0.1, -0.05) is 32.0 Å². The van der Waals surface area contributed by atoms with E-state index in [4.69, 9.17) is 0 Å². The fourth-order valence-electron chi connectivity index (χ4n) is 3.91. The quantitative estimate of drug-likeness (QED) is 0.834. The molecule has 0 saturated heterocycles. The van der Waals surface area contributed by atoms with E-state index in [2.05, 4.69) is 18.9 Å². The first-order chi connectivity index (χ1) is 11.8. The molecule has 136 valence electrons. The molecule has 25 heavy (non-hydrogen) atoms. The van der Waals surface area contributed by atoms with Gasteiger partial charge in [0.1, 0.15) is 4.90 Å². The lowest BCUT2D eigenvalue weighted by Gasteiger charge is -2.40. The van der Waals surface area contributed by atoms with Crippen LogP contribution in [0.25, 0.3) is 0 Å². The van der Waals surface area contributed by atoms with Crippen molar-refractivity contribution >= 4 is 15.7 Å². The highest BCUT2D eigenvalue weighted by Gasteiger charge is 2.39. The molecule has 0 fully saturated rings. The standard InChI is InChI=1S/C19H27N3O2S/c1-6-21-15(5)19(14(4)20-21)25(23,24)22-17(13(2)3)12-11-16-9-7-8-10-18(16)22/h7-10,13,17H,6,11-12H2,1-5H3/t17-/m1/s1. The molecule has 3 rings (SSSR count). The van der Waals surface area contributed by atoms with Crippen molar-refractivity contribution in [3.05, 3.63) is 41.2 Å². The van der Waals surface area contributed by atoms with Crippen molar-refractivity contribution in [3.8, 4) is 0 Å². The number of aromatic nitrogens is 2. The van der Waals surface area contributed by atoms with Crippen molar-refractivity contribution in [2.45, 2.75) is 64.9 Å². The molecule has 0 saturated carbocycles. The van der Waals surface area contributed by atoms with E-state index >= 15 is 0 Å². The highest BCUT2D eigenvalue weighted by atomic mass is 32.2. The lowest BCUT2D eigenvalue weighted by molar-refractivity contribution is 0.445. The van der Waals surface area contributed by atoms with Crippen molar-refractivity contribution in [3.63, 3.8) is 0 Å². The molecular weight excluding hydrogens is 334 g/mol. The molecule has 1 aliphatic heterocycles. The number of benzene rings is 1. The number of hydrogen-bond acceptors (Lipinski definition) is 3. The average molecular weight is 362 g/mol. The summed E-state index contributed by atoms with van der Waals surface area (Å²) in [6.45, 7) is 10.4. The first kappa shape index (κ1) is 18.0. The monoisotopic (exact) mass is 361 g/mol. The fourth-order valence-corrected chi connectivity index (χ4v) is 6.14. The zero-order valence-electron chi connectivity index (χ0n) is 15.7. The second kappa shape index (κ2) is 6.48. The van der Waals surface area contributed by atoms with Crippen molar-refractivity contribution in [1.82, 2.24) is 9.78 Å². The Hall–Kier alpha value is -1.82. The molecule has 0 spiro atoms. The molecule has 0 aliphatic carbocycles. The van der Waals surface area contributed by atoms with E-state index in [0.29, 0.717) is 22.8 Å². The highest BCUT2D eigenvalue weighted by molar-refractivity contribution is 7.93. The summed E-state index contributed by atoms with van der Waals surface area (Å²) in [7, 11) is -3.67. The van der Waals surface area contributed by atoms with E-state index < -0.39 is 10.0 Å². The third-order valence-corrected chi connectivity index (χ3v) is 7.23. The van der Waals surface area contributed by atoms with Crippen LogP contribution in [-0.4, -0.2) is 24.2 Å². The number of sulfonamides is 1. The van der Waals surface area contributed by atoms with Gasteiger partial charge in [0.05, 0.1) is 17.1 Å². The van der Waals surface area contributed by atoms with Gasteiger partial charge in [0, 0.05) is 12.6 Å². The smallest absolute Gasteiger partial charge is 0.268 e. The van der Waals surface area contributed by atoms with E-state index in [1.165, 1.54) is 0 Å². The summed E-state index contributed by atoms with van der Waals surface area (Å²) in [6.07, 6.45) is 1.76. The number of para-hydroxylation sites is 1. The minimum atomic E-state index is -3.67. The molecule has 1 aromatic heterocycles. The van der Waals surface area contributed by atoms with Gasteiger partial charge in [-0.25, -0.2) is 8.42 Å². The molecule has 0 unspecified atom stereocenters. The van der Waals surface area contributed by atoms with Crippen LogP contribution < -0.4 is 4.31 Å². The second-order valence-electron chi connectivity index (χ2n) is 7.10. The van der Waals surface area contributed by atoms with Crippen LogP contribution in [0.4, 0.5) is 5.69 Å². The average Bonchev–Trinajstić information content (AvgIpc) is 2.87. The molecule has 2 heterocycles. The number of hydrogen-bond donors (Lipinski definition) is 0. The molecule has 0 amide bonds. The first-order valence-electron chi connectivity index (χ1n) is 8.95. The summed E-state index contributed by atoms with van der Waals surface area (Å²) in [4.78, 5) is 0.358. The van der Waals surface area contributed by atoms with E-state index in [1.54, 1.807) is 15.9 Å². The Kier molecular flexibility index (Phi) is 4.66. The predicted molar refractivity (Wildman–Crippen MR) is 100 cm³/mol. The Morgan fingerprint density at radius 2 is 1.92 bits per heavy atom. The third-order valence-electron chi connectivity index (χ3n) is 5.14. The number of rotatable bonds is 4. The molecule has 1 aromatic carbocycles. The molecule has 0 radical (unpaired) electrons. The summed E-state index contributed by atoms with van der Waals surface area (Å²) >= 11 is 0. The van der Waals surface area contributed by atoms with E-state index in [0.717, 1.165) is 24.1 Å². The van der Waals surface area contributed by atoms with E-state index in [1.807, 2.05) is 38.1 Å². The topological polar surface area (TPSA) is 55.2 Å². The summed E-state index contributed by atoms with van der Waals surface area (Å²) in [5.41, 5.74) is 3.20. The summed E-state index contributed by atoms with van der Waals surface area (Å²) in [5, 5.41) is 4.43. The summed E-state index contributed by atoms with van der Waals surface area (Å²) in [6, 6.07) is 7.81. The second-order valence-corrected chi connectivity index (χ2v) is 8.85. The van der Waals surface area contributed by atoms with Crippen molar-refractivity contribution in [2.75, 3.05) is 4.31 Å². The Balaban J connectivity index is 2.22. The summed E-state index contributed by atoms with van der Waals surface area (Å²) < 4.78 is 30.8. The lowest BCUT2D eigenvalue weighted by Crippen LogP contribution is -2.46. The Labute approximate surface area is 150 Å². The molecule has 2 aromatic rings. The maximum absolute atomic E-state index is 13.7. The van der Waals surface area contributed by atoms with Crippen LogP contribution in [0.3, 0.4) is 0 Å². The zero-order chi connectivity index (χ0) is 18.4. The lowest BCUT2D eigenvalue weighted by atomic mass is 9.91. The molecule has 5 nitrogen and oxygen atoms in total. The number of nitrogens with zero attached hydrogens (tertiary/aromatic N) is 3. The number of aryl methyl sites for hydroxylation is 3. The van der Waals surface area contributed by atoms with Gasteiger partial charge in [-0.15, -0.1) is 0 Å². The maximum Gasteiger partial charge on any atom is 0.268 e. The van der Waals surface area contributed by atoms with E-state index in [-0.39, 0.29) is 12.0 Å². The van der Waals surface area contributed by atoms with Gasteiger partial charge >= 0.3 is 0 Å². The zero-order valence-corrected chi connectivity index (χ0v) is 16.5. The molecular formula is C19H27N3O2S. The van der Waals surface area contributed by atoms with Gasteiger partial charge in [0.2, 0.25) is 0 Å². The van der Waals surface area contributed by atoms with Crippen LogP contribution in [-0.2, 0) is 23.0 Å². The van der Waals surface area contributed by atoms with Gasteiger partial charge in [-0.2, -0.15) is 5.10 Å². The van der Waals surface area contributed by atoms with Crippen LogP contribution in [0.5, 0.6) is 0 Å². The van der Waals surface area contributed by atoms with Crippen LogP contribution >= 0.6 is 0 Å². The largest absolute Gasteiger partial charge is 0.268 e. The van der Waals surface area contributed by atoms with Gasteiger partial charge in [0.15, 0.2) is 0 Å². The minimum absolute atomic E-state index is 0.0383. The highest BCUT2D eigenvalue weighted by Crippen LogP contribution is 2.39. The molecule has 0 N–H and O–H groups in total. The van der Waals surface area contributed by atoms with Gasteiger partial charge in [-0.05, 0) is 51.2 Å².